The number of rotatable bonds is 5. The van der Waals surface area contributed by atoms with Gasteiger partial charge in [0, 0.05) is 18.2 Å². The van der Waals surface area contributed by atoms with Crippen molar-refractivity contribution < 1.29 is 14.9 Å². The van der Waals surface area contributed by atoms with Crippen LogP contribution >= 0.6 is 15.9 Å². The number of nitrogens with zero attached hydrogens (tertiary/aromatic N) is 1. The molecule has 0 spiro atoms. The number of aliphatic hydroxyl groups is 2. The fraction of sp³-hybridized carbons (Fsp3) is 0.375. The molecule has 1 aromatic heterocycles. The lowest BCUT2D eigenvalue weighted by molar-refractivity contribution is 0.00543. The van der Waals surface area contributed by atoms with Gasteiger partial charge >= 0.3 is 5.69 Å². The van der Waals surface area contributed by atoms with Gasteiger partial charge in [0.15, 0.2) is 6.23 Å². The molecule has 0 saturated carbocycles. The summed E-state index contributed by atoms with van der Waals surface area (Å²) in [6.07, 6.45) is -0.0156. The van der Waals surface area contributed by atoms with E-state index in [0.717, 1.165) is 11.1 Å². The Bertz CT molecular complexity index is 740. The summed E-state index contributed by atoms with van der Waals surface area (Å²) in [7, 11) is 0. The van der Waals surface area contributed by atoms with E-state index in [4.69, 9.17) is 4.74 Å². The molecule has 2 heterocycles. The molecule has 8 heteroatoms. The minimum atomic E-state index is -0.882. The molecule has 24 heavy (non-hydrogen) atoms. The number of aliphatic hydroxyl groups excluding tert-OH is 2. The zero-order valence-corrected chi connectivity index (χ0v) is 14.3. The molecule has 4 N–H and O–H groups in total. The van der Waals surface area contributed by atoms with Crippen LogP contribution in [-0.2, 0) is 11.2 Å². The lowest BCUT2D eigenvalue weighted by Gasteiger charge is -2.19. The number of anilines is 1. The standard InChI is InChI=1S/C16H18BrN3O4/c17-12-11(8-21)24-15(13(12)22)19-14-10(7-18-16(23)20-14)6-9-4-2-1-3-5-9/h1-5,7,11-13,15,21-22H,6,8H2,(H2,18,19,20,23)/t11-,12+,13-,15-/m1/s1. The third-order valence-corrected chi connectivity index (χ3v) is 5.03. The van der Waals surface area contributed by atoms with Gasteiger partial charge in [-0.2, -0.15) is 4.98 Å². The monoisotopic (exact) mass is 395 g/mol. The van der Waals surface area contributed by atoms with E-state index in [0.29, 0.717) is 12.2 Å². The number of ether oxygens (including phenoxy) is 1. The molecule has 0 unspecified atom stereocenters. The van der Waals surface area contributed by atoms with Crippen LogP contribution in [0.2, 0.25) is 0 Å². The fourth-order valence-corrected chi connectivity index (χ4v) is 3.20. The Hall–Kier alpha value is -1.74. The molecule has 1 aromatic carbocycles. The maximum atomic E-state index is 11.6. The normalized spacial score (nSPS) is 26.5. The Morgan fingerprint density at radius 2 is 2.08 bits per heavy atom. The Labute approximate surface area is 146 Å². The van der Waals surface area contributed by atoms with E-state index in [2.05, 4.69) is 31.2 Å². The van der Waals surface area contributed by atoms with Crippen LogP contribution in [0.25, 0.3) is 0 Å². The van der Waals surface area contributed by atoms with Gasteiger partial charge in [-0.3, -0.25) is 0 Å². The Kier molecular flexibility index (Phi) is 5.30. The molecule has 1 saturated heterocycles. The third-order valence-electron chi connectivity index (χ3n) is 3.90. The van der Waals surface area contributed by atoms with Gasteiger partial charge in [0.05, 0.1) is 17.5 Å². The van der Waals surface area contributed by atoms with Gasteiger partial charge in [-0.05, 0) is 5.56 Å². The number of H-pyrrole nitrogens is 1. The lowest BCUT2D eigenvalue weighted by Crippen LogP contribution is -2.34. The number of halogens is 1. The van der Waals surface area contributed by atoms with Crippen molar-refractivity contribution in [2.24, 2.45) is 0 Å². The van der Waals surface area contributed by atoms with Gasteiger partial charge < -0.3 is 25.3 Å². The van der Waals surface area contributed by atoms with Crippen molar-refractivity contribution in [3.63, 3.8) is 0 Å². The van der Waals surface area contributed by atoms with Gasteiger partial charge in [-0.15, -0.1) is 0 Å². The Balaban J connectivity index is 1.82. The molecule has 0 radical (unpaired) electrons. The fourth-order valence-electron chi connectivity index (χ4n) is 2.63. The maximum Gasteiger partial charge on any atom is 0.346 e. The van der Waals surface area contributed by atoms with Crippen molar-refractivity contribution >= 4 is 21.7 Å². The molecule has 0 amide bonds. The van der Waals surface area contributed by atoms with E-state index in [1.807, 2.05) is 30.3 Å². The summed E-state index contributed by atoms with van der Waals surface area (Å²) >= 11 is 3.31. The summed E-state index contributed by atoms with van der Waals surface area (Å²) in [5.74, 6) is 0.352. The molecule has 128 valence electrons. The van der Waals surface area contributed by atoms with E-state index in [1.165, 1.54) is 0 Å². The van der Waals surface area contributed by atoms with Crippen LogP contribution in [0, 0.1) is 0 Å². The van der Waals surface area contributed by atoms with E-state index in [1.54, 1.807) is 6.20 Å². The average Bonchev–Trinajstić information content (AvgIpc) is 2.86. The predicted molar refractivity (Wildman–Crippen MR) is 92.2 cm³/mol. The summed E-state index contributed by atoms with van der Waals surface area (Å²) < 4.78 is 5.57. The molecular formula is C16H18BrN3O4. The quantitative estimate of drug-likeness (QED) is 0.552. The molecule has 3 rings (SSSR count). The minimum absolute atomic E-state index is 0.217. The van der Waals surface area contributed by atoms with Crippen molar-refractivity contribution in [2.45, 2.75) is 29.7 Å². The van der Waals surface area contributed by atoms with Gasteiger partial charge in [0.25, 0.3) is 0 Å². The molecule has 1 fully saturated rings. The number of aromatic nitrogens is 2. The maximum absolute atomic E-state index is 11.6. The van der Waals surface area contributed by atoms with Crippen molar-refractivity contribution in [1.82, 2.24) is 9.97 Å². The lowest BCUT2D eigenvalue weighted by atomic mass is 10.1. The number of hydrogen-bond acceptors (Lipinski definition) is 6. The molecule has 1 aliphatic rings. The van der Waals surface area contributed by atoms with Gasteiger partial charge in [-0.25, -0.2) is 4.79 Å². The van der Waals surface area contributed by atoms with Gasteiger partial charge in [0.2, 0.25) is 0 Å². The molecule has 7 nitrogen and oxygen atoms in total. The highest BCUT2D eigenvalue weighted by atomic mass is 79.9. The van der Waals surface area contributed by atoms with Crippen LogP contribution in [0.3, 0.4) is 0 Å². The van der Waals surface area contributed by atoms with Crippen LogP contribution in [0.15, 0.2) is 41.3 Å². The molecule has 0 bridgehead atoms. The molecule has 2 aromatic rings. The van der Waals surface area contributed by atoms with Crippen molar-refractivity contribution in [3.05, 3.63) is 58.1 Å². The van der Waals surface area contributed by atoms with E-state index in [-0.39, 0.29) is 6.61 Å². The van der Waals surface area contributed by atoms with Crippen LogP contribution < -0.4 is 11.0 Å². The van der Waals surface area contributed by atoms with Gasteiger partial charge in [0.1, 0.15) is 11.9 Å². The first kappa shape index (κ1) is 17.1. The highest BCUT2D eigenvalue weighted by Crippen LogP contribution is 2.28. The van der Waals surface area contributed by atoms with Crippen LogP contribution in [0.4, 0.5) is 5.82 Å². The smallest absolute Gasteiger partial charge is 0.346 e. The number of alkyl halides is 1. The van der Waals surface area contributed by atoms with E-state index in [9.17, 15) is 15.0 Å². The van der Waals surface area contributed by atoms with Crippen LogP contribution in [0.1, 0.15) is 11.1 Å². The second-order valence-electron chi connectivity index (χ2n) is 5.60. The Morgan fingerprint density at radius 3 is 2.75 bits per heavy atom. The number of benzene rings is 1. The molecule has 4 atom stereocenters. The van der Waals surface area contributed by atoms with E-state index >= 15 is 0 Å². The predicted octanol–water partition coefficient (Wildman–Crippen LogP) is 0.614. The van der Waals surface area contributed by atoms with E-state index < -0.39 is 29.0 Å². The van der Waals surface area contributed by atoms with Crippen LogP contribution in [-0.4, -0.2) is 50.1 Å². The molecular weight excluding hydrogens is 378 g/mol. The topological polar surface area (TPSA) is 107 Å². The number of aromatic amines is 1. The molecule has 1 aliphatic heterocycles. The summed E-state index contributed by atoms with van der Waals surface area (Å²) in [6.45, 7) is -0.217. The average molecular weight is 396 g/mol. The number of hydrogen-bond donors (Lipinski definition) is 4. The third kappa shape index (κ3) is 3.67. The van der Waals surface area contributed by atoms with Crippen molar-refractivity contribution in [3.8, 4) is 0 Å². The second kappa shape index (κ2) is 7.43. The second-order valence-corrected chi connectivity index (χ2v) is 6.66. The zero-order valence-electron chi connectivity index (χ0n) is 12.7. The zero-order chi connectivity index (χ0) is 17.1. The minimum Gasteiger partial charge on any atom is -0.394 e. The number of nitrogens with one attached hydrogen (secondary N) is 2. The van der Waals surface area contributed by atoms with Crippen LogP contribution in [0.5, 0.6) is 0 Å². The first-order chi connectivity index (χ1) is 11.6. The highest BCUT2D eigenvalue weighted by molar-refractivity contribution is 9.09. The summed E-state index contributed by atoms with van der Waals surface area (Å²) in [6, 6.07) is 9.76. The van der Waals surface area contributed by atoms with Crippen molar-refractivity contribution in [1.29, 1.82) is 0 Å². The largest absolute Gasteiger partial charge is 0.394 e. The first-order valence-electron chi connectivity index (χ1n) is 7.56. The van der Waals surface area contributed by atoms with Crippen molar-refractivity contribution in [2.75, 3.05) is 11.9 Å². The summed E-state index contributed by atoms with van der Waals surface area (Å²) in [4.78, 5) is 17.7. The van der Waals surface area contributed by atoms with Gasteiger partial charge in [-0.1, -0.05) is 46.3 Å². The Morgan fingerprint density at radius 1 is 1.33 bits per heavy atom. The highest BCUT2D eigenvalue weighted by Gasteiger charge is 2.42. The summed E-state index contributed by atoms with van der Waals surface area (Å²) in [5, 5.41) is 22.4. The summed E-state index contributed by atoms with van der Waals surface area (Å²) in [5.41, 5.74) is 1.35. The first-order valence-corrected chi connectivity index (χ1v) is 8.47. The molecule has 0 aliphatic carbocycles. The SMILES string of the molecule is O=c1nc(N[C@@H]2O[C@H](CO)[C@H](Br)[C@H]2O)c(Cc2ccccc2)c[nH]1.